The summed E-state index contributed by atoms with van der Waals surface area (Å²) in [6, 6.07) is 6.97. The lowest BCUT2D eigenvalue weighted by molar-refractivity contribution is -0.0530. The van der Waals surface area contributed by atoms with Gasteiger partial charge in [0.05, 0.1) is 23.2 Å². The molecule has 1 saturated carbocycles. The van der Waals surface area contributed by atoms with Gasteiger partial charge in [-0.25, -0.2) is 12.8 Å². The molecule has 1 aromatic carbocycles. The van der Waals surface area contributed by atoms with E-state index in [9.17, 15) is 12.8 Å². The number of piperidine rings is 1. The summed E-state index contributed by atoms with van der Waals surface area (Å²) < 4.78 is 54.8. The number of sulfone groups is 1. The number of hydrogen-bond acceptors (Lipinski definition) is 8. The van der Waals surface area contributed by atoms with Gasteiger partial charge in [-0.3, -0.25) is 0 Å². The smallest absolute Gasteiger partial charge is 0.324 e. The number of hydrogen-bond donors (Lipinski definition) is 0. The van der Waals surface area contributed by atoms with Crippen LogP contribution in [0.25, 0.3) is 0 Å². The van der Waals surface area contributed by atoms with E-state index in [0.29, 0.717) is 16.7 Å². The largest absolute Gasteiger partial charge is 0.490 e. The van der Waals surface area contributed by atoms with Gasteiger partial charge in [0.25, 0.3) is 0 Å². The van der Waals surface area contributed by atoms with Crippen molar-refractivity contribution in [1.29, 1.82) is 0 Å². The second kappa shape index (κ2) is 9.58. The van der Waals surface area contributed by atoms with E-state index in [2.05, 4.69) is 10.1 Å². The predicted octanol–water partition coefficient (Wildman–Crippen LogP) is 4.05. The number of halogens is 1. The van der Waals surface area contributed by atoms with Crippen molar-refractivity contribution < 1.29 is 26.8 Å². The highest BCUT2D eigenvalue weighted by Gasteiger charge is 2.31. The Kier molecular flexibility index (Phi) is 6.95. The fourth-order valence-corrected chi connectivity index (χ4v) is 4.92. The van der Waals surface area contributed by atoms with E-state index in [0.717, 1.165) is 51.6 Å². The molecular weight excluding hydrogens is 449 g/mol. The zero-order valence-corrected chi connectivity index (χ0v) is 20.2. The van der Waals surface area contributed by atoms with Gasteiger partial charge in [-0.05, 0) is 76.6 Å². The van der Waals surface area contributed by atoms with Crippen LogP contribution in [0.4, 0.5) is 10.4 Å². The van der Waals surface area contributed by atoms with Gasteiger partial charge in [-0.15, -0.1) is 0 Å². The first-order valence-corrected chi connectivity index (χ1v) is 13.4. The van der Waals surface area contributed by atoms with Gasteiger partial charge in [0, 0.05) is 19.3 Å². The van der Waals surface area contributed by atoms with Crippen molar-refractivity contribution in [2.45, 2.75) is 81.2 Å². The second-order valence-corrected chi connectivity index (χ2v) is 11.5. The molecule has 0 N–H and O–H groups in total. The van der Waals surface area contributed by atoms with Crippen LogP contribution < -0.4 is 9.64 Å². The molecule has 8 nitrogen and oxygen atoms in total. The molecule has 2 heterocycles. The van der Waals surface area contributed by atoms with Crippen molar-refractivity contribution in [1.82, 2.24) is 10.1 Å². The third-order valence-corrected chi connectivity index (χ3v) is 7.35. The molecule has 1 aliphatic carbocycles. The van der Waals surface area contributed by atoms with Crippen molar-refractivity contribution in [2.75, 3.05) is 24.2 Å². The SMILES string of the molecule is CC(C)(F)c1noc(N2CCC(O[C@H]3CC[C@H](Oc4ccc(S(C)(=O)=O)cc4)CC3)CC2)n1. The first-order valence-electron chi connectivity index (χ1n) is 11.5. The van der Waals surface area contributed by atoms with Crippen molar-refractivity contribution in [3.63, 3.8) is 0 Å². The van der Waals surface area contributed by atoms with E-state index in [-0.39, 0.29) is 24.1 Å². The maximum Gasteiger partial charge on any atom is 0.324 e. The summed E-state index contributed by atoms with van der Waals surface area (Å²) in [6.07, 6.45) is 7.12. The molecule has 0 bridgehead atoms. The van der Waals surface area contributed by atoms with Crippen LogP contribution in [-0.2, 0) is 20.2 Å². The van der Waals surface area contributed by atoms with Crippen LogP contribution in [0.5, 0.6) is 5.75 Å². The van der Waals surface area contributed by atoms with E-state index in [1.807, 2.05) is 4.90 Å². The minimum atomic E-state index is -3.20. The monoisotopic (exact) mass is 481 g/mol. The van der Waals surface area contributed by atoms with Gasteiger partial charge < -0.3 is 18.9 Å². The lowest BCUT2D eigenvalue weighted by atomic mass is 9.94. The zero-order valence-electron chi connectivity index (χ0n) is 19.4. The Morgan fingerprint density at radius 3 is 2.12 bits per heavy atom. The van der Waals surface area contributed by atoms with E-state index < -0.39 is 15.5 Å². The fraction of sp³-hybridized carbons (Fsp3) is 0.652. The van der Waals surface area contributed by atoms with Gasteiger partial charge in [0.2, 0.25) is 5.82 Å². The predicted molar refractivity (Wildman–Crippen MR) is 121 cm³/mol. The summed E-state index contributed by atoms with van der Waals surface area (Å²) in [4.78, 5) is 6.48. The molecule has 0 radical (unpaired) electrons. The number of nitrogens with zero attached hydrogens (tertiary/aromatic N) is 3. The lowest BCUT2D eigenvalue weighted by Gasteiger charge is -2.35. The summed E-state index contributed by atoms with van der Waals surface area (Å²) in [5.41, 5.74) is -1.62. The summed E-state index contributed by atoms with van der Waals surface area (Å²) >= 11 is 0. The van der Waals surface area contributed by atoms with Crippen LogP contribution in [-0.4, -0.2) is 56.2 Å². The molecule has 2 fully saturated rings. The lowest BCUT2D eigenvalue weighted by Crippen LogP contribution is -2.39. The standard InChI is InChI=1S/C23H32FN3O5S/c1-23(2,24)21-25-22(32-26-21)27-14-12-19(13-15-27)31-17-6-4-16(5-7-17)30-18-8-10-20(11-9-18)33(3,28)29/h8-11,16-17,19H,4-7,12-15H2,1-3H3/t16-,17-. The third kappa shape index (κ3) is 6.23. The van der Waals surface area contributed by atoms with Crippen LogP contribution in [0.2, 0.25) is 0 Å². The average molecular weight is 482 g/mol. The van der Waals surface area contributed by atoms with Crippen LogP contribution >= 0.6 is 0 Å². The fourth-order valence-electron chi connectivity index (χ4n) is 4.28. The molecular formula is C23H32FN3O5S. The van der Waals surface area contributed by atoms with Crippen molar-refractivity contribution >= 4 is 15.9 Å². The highest BCUT2D eigenvalue weighted by atomic mass is 32.2. The molecule has 1 aliphatic heterocycles. The number of alkyl halides is 1. The Morgan fingerprint density at radius 1 is 1.00 bits per heavy atom. The van der Waals surface area contributed by atoms with Crippen LogP contribution in [0, 0.1) is 0 Å². The summed E-state index contributed by atoms with van der Waals surface area (Å²) in [7, 11) is -3.20. The first kappa shape index (κ1) is 23.9. The maximum atomic E-state index is 14.0. The summed E-state index contributed by atoms with van der Waals surface area (Å²) in [6.45, 7) is 4.30. The highest BCUT2D eigenvalue weighted by Crippen LogP contribution is 2.30. The molecule has 0 amide bonds. The van der Waals surface area contributed by atoms with E-state index in [1.54, 1.807) is 24.3 Å². The van der Waals surface area contributed by atoms with E-state index in [1.165, 1.54) is 20.1 Å². The maximum absolute atomic E-state index is 14.0. The molecule has 1 saturated heterocycles. The Labute approximate surface area is 194 Å². The second-order valence-electron chi connectivity index (χ2n) is 9.46. The normalized spacial score (nSPS) is 23.0. The number of benzene rings is 1. The Bertz CT molecular complexity index is 1020. The molecule has 0 spiro atoms. The van der Waals surface area contributed by atoms with Gasteiger partial charge in [-0.1, -0.05) is 5.16 Å². The Balaban J connectivity index is 1.19. The minimum Gasteiger partial charge on any atom is -0.490 e. The molecule has 0 unspecified atom stereocenters. The molecule has 2 aliphatic rings. The Morgan fingerprint density at radius 2 is 1.58 bits per heavy atom. The summed E-state index contributed by atoms with van der Waals surface area (Å²) in [5, 5.41) is 3.75. The van der Waals surface area contributed by atoms with Crippen molar-refractivity contribution in [2.24, 2.45) is 0 Å². The van der Waals surface area contributed by atoms with Gasteiger partial charge in [0.1, 0.15) is 5.75 Å². The van der Waals surface area contributed by atoms with Crippen LogP contribution in [0.1, 0.15) is 58.2 Å². The molecule has 182 valence electrons. The Hall–Kier alpha value is -2.20. The average Bonchev–Trinajstić information content (AvgIpc) is 3.26. The van der Waals surface area contributed by atoms with Gasteiger partial charge in [0.15, 0.2) is 15.5 Å². The quantitative estimate of drug-likeness (QED) is 0.585. The van der Waals surface area contributed by atoms with Crippen LogP contribution in [0.15, 0.2) is 33.7 Å². The molecule has 2 aromatic rings. The zero-order chi connectivity index (χ0) is 23.6. The first-order chi connectivity index (χ1) is 15.6. The molecule has 33 heavy (non-hydrogen) atoms. The number of anilines is 1. The number of rotatable bonds is 7. The third-order valence-electron chi connectivity index (χ3n) is 6.22. The molecule has 10 heteroatoms. The van der Waals surface area contributed by atoms with Crippen LogP contribution in [0.3, 0.4) is 0 Å². The topological polar surface area (TPSA) is 94.8 Å². The number of ether oxygens (including phenoxy) is 2. The van der Waals surface area contributed by atoms with E-state index in [4.69, 9.17) is 14.0 Å². The van der Waals surface area contributed by atoms with Gasteiger partial charge >= 0.3 is 6.01 Å². The number of aromatic nitrogens is 2. The minimum absolute atomic E-state index is 0.0705. The van der Waals surface area contributed by atoms with E-state index >= 15 is 0 Å². The molecule has 4 rings (SSSR count). The molecule has 1 aromatic heterocycles. The van der Waals surface area contributed by atoms with Crippen molar-refractivity contribution in [3.8, 4) is 5.75 Å². The highest BCUT2D eigenvalue weighted by molar-refractivity contribution is 7.90. The van der Waals surface area contributed by atoms with Gasteiger partial charge in [-0.2, -0.15) is 4.98 Å². The summed E-state index contributed by atoms with van der Waals surface area (Å²) in [5.74, 6) is 0.765. The van der Waals surface area contributed by atoms with Crippen molar-refractivity contribution in [3.05, 3.63) is 30.1 Å². The molecule has 0 atom stereocenters.